The van der Waals surface area contributed by atoms with Crippen LogP contribution in [0.4, 0.5) is 4.79 Å². The quantitative estimate of drug-likeness (QED) is 0.426. The van der Waals surface area contributed by atoms with Gasteiger partial charge in [0.05, 0.1) is 7.11 Å². The Bertz CT molecular complexity index is 321. The first-order valence-corrected chi connectivity index (χ1v) is 6.90. The Morgan fingerprint density at radius 3 is 2.40 bits per heavy atom. The van der Waals surface area contributed by atoms with Gasteiger partial charge >= 0.3 is 12.0 Å². The van der Waals surface area contributed by atoms with E-state index in [0.717, 1.165) is 6.42 Å². The highest BCUT2D eigenvalue weighted by Crippen LogP contribution is 1.95. The number of methoxy groups -OCH3 is 1. The number of hydrogen-bond acceptors (Lipinski definition) is 4. The monoisotopic (exact) mass is 287 g/mol. The van der Waals surface area contributed by atoms with Gasteiger partial charge in [0.1, 0.15) is 6.04 Å². The van der Waals surface area contributed by atoms with E-state index >= 15 is 0 Å². The number of carbonyl (C=O) groups excluding carboxylic acids is 3. The van der Waals surface area contributed by atoms with Crippen LogP contribution in [-0.4, -0.2) is 44.1 Å². The SMILES string of the molecule is CCCNC(=O)C(C)NC(=O)NCCCCC(=O)OC. The van der Waals surface area contributed by atoms with Gasteiger partial charge in [0.15, 0.2) is 0 Å². The minimum absolute atomic E-state index is 0.201. The molecule has 20 heavy (non-hydrogen) atoms. The van der Waals surface area contributed by atoms with Gasteiger partial charge in [-0.2, -0.15) is 0 Å². The molecule has 0 heterocycles. The second kappa shape index (κ2) is 11.1. The predicted molar refractivity (Wildman–Crippen MR) is 75.2 cm³/mol. The number of urea groups is 1. The first kappa shape index (κ1) is 18.2. The second-order valence-electron chi connectivity index (χ2n) is 4.45. The van der Waals surface area contributed by atoms with Gasteiger partial charge in [-0.1, -0.05) is 6.92 Å². The normalized spacial score (nSPS) is 11.3. The maximum Gasteiger partial charge on any atom is 0.315 e. The first-order valence-electron chi connectivity index (χ1n) is 6.90. The number of unbranched alkanes of at least 4 members (excludes halogenated alkanes) is 1. The lowest BCUT2D eigenvalue weighted by Crippen LogP contribution is -2.48. The Balaban J connectivity index is 3.67. The van der Waals surface area contributed by atoms with Crippen LogP contribution in [0.1, 0.15) is 39.5 Å². The van der Waals surface area contributed by atoms with Crippen molar-refractivity contribution in [3.05, 3.63) is 0 Å². The molecule has 0 aromatic carbocycles. The number of esters is 1. The summed E-state index contributed by atoms with van der Waals surface area (Å²) in [5.41, 5.74) is 0. The number of nitrogens with one attached hydrogen (secondary N) is 3. The topological polar surface area (TPSA) is 96.5 Å². The molecule has 0 saturated heterocycles. The lowest BCUT2D eigenvalue weighted by molar-refractivity contribution is -0.140. The molecule has 0 radical (unpaired) electrons. The molecule has 3 N–H and O–H groups in total. The zero-order chi connectivity index (χ0) is 15.4. The van der Waals surface area contributed by atoms with Crippen molar-refractivity contribution in [3.8, 4) is 0 Å². The summed E-state index contributed by atoms with van der Waals surface area (Å²) in [5, 5.41) is 7.88. The Labute approximate surface area is 119 Å². The lowest BCUT2D eigenvalue weighted by atomic mass is 10.2. The lowest BCUT2D eigenvalue weighted by Gasteiger charge is -2.14. The molecule has 3 amide bonds. The molecule has 116 valence electrons. The molecule has 0 rings (SSSR count). The smallest absolute Gasteiger partial charge is 0.315 e. The Morgan fingerprint density at radius 1 is 1.10 bits per heavy atom. The third-order valence-corrected chi connectivity index (χ3v) is 2.61. The molecule has 0 aromatic heterocycles. The van der Waals surface area contributed by atoms with Gasteiger partial charge in [0.2, 0.25) is 5.91 Å². The summed E-state index contributed by atoms with van der Waals surface area (Å²) in [7, 11) is 1.35. The highest BCUT2D eigenvalue weighted by Gasteiger charge is 2.14. The number of amides is 3. The molecule has 7 nitrogen and oxygen atoms in total. The summed E-state index contributed by atoms with van der Waals surface area (Å²) in [4.78, 5) is 33.9. The second-order valence-corrected chi connectivity index (χ2v) is 4.45. The Hall–Kier alpha value is -1.79. The van der Waals surface area contributed by atoms with Crippen molar-refractivity contribution >= 4 is 17.9 Å². The van der Waals surface area contributed by atoms with Crippen molar-refractivity contribution in [2.45, 2.75) is 45.6 Å². The van der Waals surface area contributed by atoms with E-state index in [2.05, 4.69) is 20.7 Å². The van der Waals surface area contributed by atoms with Gasteiger partial charge in [0, 0.05) is 19.5 Å². The van der Waals surface area contributed by atoms with Crippen LogP contribution in [-0.2, 0) is 14.3 Å². The molecule has 0 aliphatic carbocycles. The molecule has 0 aliphatic heterocycles. The third kappa shape index (κ3) is 9.18. The van der Waals surface area contributed by atoms with Crippen molar-refractivity contribution < 1.29 is 19.1 Å². The van der Waals surface area contributed by atoms with E-state index in [1.54, 1.807) is 6.92 Å². The van der Waals surface area contributed by atoms with Gasteiger partial charge in [0.25, 0.3) is 0 Å². The number of hydrogen-bond donors (Lipinski definition) is 3. The molecule has 1 unspecified atom stereocenters. The number of ether oxygens (including phenoxy) is 1. The average Bonchev–Trinajstić information content (AvgIpc) is 2.43. The van der Waals surface area contributed by atoms with Crippen molar-refractivity contribution in [1.82, 2.24) is 16.0 Å². The molecule has 0 aliphatic rings. The maximum atomic E-state index is 11.5. The molecule has 0 aromatic rings. The first-order chi connectivity index (χ1) is 9.51. The molecule has 7 heteroatoms. The maximum absolute atomic E-state index is 11.5. The molecule has 0 saturated carbocycles. The van der Waals surface area contributed by atoms with Gasteiger partial charge in [-0.3, -0.25) is 9.59 Å². The highest BCUT2D eigenvalue weighted by atomic mass is 16.5. The summed E-state index contributed by atoms with van der Waals surface area (Å²) in [5.74, 6) is -0.455. The molecule has 1 atom stereocenters. The third-order valence-electron chi connectivity index (χ3n) is 2.61. The largest absolute Gasteiger partial charge is 0.469 e. The predicted octanol–water partition coefficient (Wildman–Crippen LogP) is 0.544. The standard InChI is InChI=1S/C13H25N3O4/c1-4-8-14-12(18)10(2)16-13(19)15-9-6-5-7-11(17)20-3/h10H,4-9H2,1-3H3,(H,14,18)(H2,15,16,19). The van der Waals surface area contributed by atoms with Crippen molar-refractivity contribution in [2.75, 3.05) is 20.2 Å². The summed E-state index contributed by atoms with van der Waals surface area (Å²) in [6, 6.07) is -0.959. The van der Waals surface area contributed by atoms with Gasteiger partial charge < -0.3 is 20.7 Å². The number of rotatable bonds is 9. The van der Waals surface area contributed by atoms with Crippen molar-refractivity contribution in [2.24, 2.45) is 0 Å². The molecular formula is C13H25N3O4. The van der Waals surface area contributed by atoms with E-state index in [1.807, 2.05) is 6.92 Å². The zero-order valence-electron chi connectivity index (χ0n) is 12.5. The van der Waals surface area contributed by atoms with Gasteiger partial charge in [-0.15, -0.1) is 0 Å². The van der Waals surface area contributed by atoms with E-state index < -0.39 is 6.04 Å². The molecule has 0 bridgehead atoms. The zero-order valence-corrected chi connectivity index (χ0v) is 12.5. The Morgan fingerprint density at radius 2 is 1.80 bits per heavy atom. The molecule has 0 spiro atoms. The van der Waals surface area contributed by atoms with Crippen LogP contribution in [0, 0.1) is 0 Å². The summed E-state index contributed by atoms with van der Waals surface area (Å²) in [6.07, 6.45) is 2.53. The summed E-state index contributed by atoms with van der Waals surface area (Å²) < 4.78 is 4.51. The van der Waals surface area contributed by atoms with E-state index in [9.17, 15) is 14.4 Å². The van der Waals surface area contributed by atoms with Crippen LogP contribution in [0.15, 0.2) is 0 Å². The average molecular weight is 287 g/mol. The fourth-order valence-corrected chi connectivity index (χ4v) is 1.41. The minimum Gasteiger partial charge on any atom is -0.469 e. The van der Waals surface area contributed by atoms with Crippen molar-refractivity contribution in [1.29, 1.82) is 0 Å². The van der Waals surface area contributed by atoms with Crippen LogP contribution in [0.25, 0.3) is 0 Å². The van der Waals surface area contributed by atoms with Gasteiger partial charge in [-0.05, 0) is 26.2 Å². The van der Waals surface area contributed by atoms with Crippen LogP contribution >= 0.6 is 0 Å². The van der Waals surface area contributed by atoms with Crippen LogP contribution in [0.3, 0.4) is 0 Å². The highest BCUT2D eigenvalue weighted by molar-refractivity contribution is 5.86. The van der Waals surface area contributed by atoms with Crippen LogP contribution in [0.2, 0.25) is 0 Å². The van der Waals surface area contributed by atoms with Crippen LogP contribution in [0.5, 0.6) is 0 Å². The minimum atomic E-state index is -0.573. The fraction of sp³-hybridized carbons (Fsp3) is 0.769. The Kier molecular flexibility index (Phi) is 10.1. The fourth-order valence-electron chi connectivity index (χ4n) is 1.41. The summed E-state index contributed by atoms with van der Waals surface area (Å²) in [6.45, 7) is 4.63. The van der Waals surface area contributed by atoms with E-state index in [0.29, 0.717) is 32.4 Å². The van der Waals surface area contributed by atoms with Crippen LogP contribution < -0.4 is 16.0 Å². The number of carbonyl (C=O) groups is 3. The van der Waals surface area contributed by atoms with E-state index in [-0.39, 0.29) is 17.9 Å². The van der Waals surface area contributed by atoms with E-state index in [4.69, 9.17) is 0 Å². The summed E-state index contributed by atoms with van der Waals surface area (Å²) >= 11 is 0. The van der Waals surface area contributed by atoms with Gasteiger partial charge in [-0.25, -0.2) is 4.79 Å². The van der Waals surface area contributed by atoms with E-state index in [1.165, 1.54) is 7.11 Å². The molecule has 0 fully saturated rings. The van der Waals surface area contributed by atoms with Crippen molar-refractivity contribution in [3.63, 3.8) is 0 Å². The molecular weight excluding hydrogens is 262 g/mol.